The number of nitrogens with zero attached hydrogens (tertiary/aromatic N) is 1. The summed E-state index contributed by atoms with van der Waals surface area (Å²) < 4.78 is 10.7. The van der Waals surface area contributed by atoms with E-state index in [4.69, 9.17) is 9.47 Å². The Bertz CT molecular complexity index is 408. The van der Waals surface area contributed by atoms with Gasteiger partial charge in [-0.05, 0) is 50.7 Å². The standard InChI is InChI=1S/C17H28N2O2/c1-19(12-15-4-6-16(21-3)7-5-15)13-17(14-20-2)8-10-18-11-9-17/h4-7,18H,8-14H2,1-3H3. The Morgan fingerprint density at radius 1 is 1.14 bits per heavy atom. The maximum absolute atomic E-state index is 5.50. The summed E-state index contributed by atoms with van der Waals surface area (Å²) in [6.07, 6.45) is 2.38. The van der Waals surface area contributed by atoms with Crippen molar-refractivity contribution in [3.63, 3.8) is 0 Å². The number of piperidine rings is 1. The first-order chi connectivity index (χ1) is 10.2. The van der Waals surface area contributed by atoms with Crippen LogP contribution >= 0.6 is 0 Å². The molecule has 0 unspecified atom stereocenters. The molecule has 4 nitrogen and oxygen atoms in total. The molecule has 0 spiro atoms. The minimum absolute atomic E-state index is 0.293. The summed E-state index contributed by atoms with van der Waals surface area (Å²) in [6.45, 7) is 5.08. The first-order valence-corrected chi connectivity index (χ1v) is 7.69. The van der Waals surface area contributed by atoms with Crippen molar-refractivity contribution in [1.82, 2.24) is 10.2 Å². The lowest BCUT2D eigenvalue weighted by molar-refractivity contribution is 0.0269. The molecule has 0 aromatic heterocycles. The number of hydrogen-bond donors (Lipinski definition) is 1. The van der Waals surface area contributed by atoms with Crippen LogP contribution in [-0.4, -0.2) is 52.4 Å². The fourth-order valence-corrected chi connectivity index (χ4v) is 3.28. The first kappa shape index (κ1) is 16.3. The summed E-state index contributed by atoms with van der Waals surface area (Å²) in [6, 6.07) is 8.33. The minimum atomic E-state index is 0.293. The van der Waals surface area contributed by atoms with E-state index in [0.29, 0.717) is 5.41 Å². The number of benzene rings is 1. The van der Waals surface area contributed by atoms with Gasteiger partial charge >= 0.3 is 0 Å². The van der Waals surface area contributed by atoms with E-state index in [2.05, 4.69) is 29.4 Å². The van der Waals surface area contributed by atoms with Gasteiger partial charge in [-0.3, -0.25) is 0 Å². The van der Waals surface area contributed by atoms with Gasteiger partial charge in [0, 0.05) is 25.6 Å². The van der Waals surface area contributed by atoms with Gasteiger partial charge in [-0.2, -0.15) is 0 Å². The lowest BCUT2D eigenvalue weighted by Gasteiger charge is -2.40. The summed E-state index contributed by atoms with van der Waals surface area (Å²) in [5, 5.41) is 3.45. The van der Waals surface area contributed by atoms with E-state index in [1.807, 2.05) is 19.2 Å². The van der Waals surface area contributed by atoms with E-state index in [0.717, 1.165) is 38.5 Å². The second-order valence-corrected chi connectivity index (χ2v) is 6.20. The summed E-state index contributed by atoms with van der Waals surface area (Å²) in [4.78, 5) is 2.41. The molecule has 0 bridgehead atoms. The normalized spacial score (nSPS) is 17.9. The SMILES string of the molecule is COCC1(CN(C)Cc2ccc(OC)cc2)CCNCC1. The Hall–Kier alpha value is -1.10. The lowest BCUT2D eigenvalue weighted by Crippen LogP contribution is -2.46. The zero-order chi connectivity index (χ0) is 15.1. The molecular formula is C17H28N2O2. The van der Waals surface area contributed by atoms with Gasteiger partial charge in [0.15, 0.2) is 0 Å². The fourth-order valence-electron chi connectivity index (χ4n) is 3.28. The van der Waals surface area contributed by atoms with Crippen molar-refractivity contribution in [1.29, 1.82) is 0 Å². The highest BCUT2D eigenvalue weighted by Gasteiger charge is 2.33. The van der Waals surface area contributed by atoms with Crippen molar-refractivity contribution in [2.24, 2.45) is 5.41 Å². The Balaban J connectivity index is 1.93. The third-order valence-electron chi connectivity index (χ3n) is 4.33. The van der Waals surface area contributed by atoms with Gasteiger partial charge in [-0.1, -0.05) is 12.1 Å². The molecule has 0 aliphatic carbocycles. The smallest absolute Gasteiger partial charge is 0.118 e. The van der Waals surface area contributed by atoms with Gasteiger partial charge in [-0.15, -0.1) is 0 Å². The molecule has 1 aliphatic heterocycles. The Morgan fingerprint density at radius 3 is 2.38 bits per heavy atom. The highest BCUT2D eigenvalue weighted by Crippen LogP contribution is 2.30. The molecule has 1 N–H and O–H groups in total. The average molecular weight is 292 g/mol. The zero-order valence-corrected chi connectivity index (χ0v) is 13.5. The number of methoxy groups -OCH3 is 2. The first-order valence-electron chi connectivity index (χ1n) is 7.69. The molecule has 0 atom stereocenters. The largest absolute Gasteiger partial charge is 0.497 e. The Morgan fingerprint density at radius 2 is 1.81 bits per heavy atom. The number of hydrogen-bond acceptors (Lipinski definition) is 4. The van der Waals surface area contributed by atoms with Gasteiger partial charge in [0.2, 0.25) is 0 Å². The third kappa shape index (κ3) is 4.70. The molecule has 1 aromatic carbocycles. The van der Waals surface area contributed by atoms with Crippen LogP contribution < -0.4 is 10.1 Å². The molecule has 1 saturated heterocycles. The topological polar surface area (TPSA) is 33.7 Å². The van der Waals surface area contributed by atoms with Crippen LogP contribution in [0.5, 0.6) is 5.75 Å². The molecule has 0 saturated carbocycles. The van der Waals surface area contributed by atoms with Gasteiger partial charge in [-0.25, -0.2) is 0 Å². The van der Waals surface area contributed by atoms with Crippen molar-refractivity contribution < 1.29 is 9.47 Å². The second kappa shape index (κ2) is 7.78. The number of rotatable bonds is 7. The molecule has 1 aliphatic rings. The zero-order valence-electron chi connectivity index (χ0n) is 13.5. The van der Waals surface area contributed by atoms with E-state index < -0.39 is 0 Å². The van der Waals surface area contributed by atoms with Crippen LogP contribution in [0.1, 0.15) is 18.4 Å². The third-order valence-corrected chi connectivity index (χ3v) is 4.33. The van der Waals surface area contributed by atoms with Crippen molar-refractivity contribution >= 4 is 0 Å². The van der Waals surface area contributed by atoms with Gasteiger partial charge in [0.05, 0.1) is 13.7 Å². The quantitative estimate of drug-likeness (QED) is 0.835. The number of nitrogens with one attached hydrogen (secondary N) is 1. The van der Waals surface area contributed by atoms with E-state index in [9.17, 15) is 0 Å². The average Bonchev–Trinajstić information content (AvgIpc) is 2.49. The van der Waals surface area contributed by atoms with E-state index in [-0.39, 0.29) is 0 Å². The van der Waals surface area contributed by atoms with Crippen molar-refractivity contribution in [3.05, 3.63) is 29.8 Å². The van der Waals surface area contributed by atoms with Crippen molar-refractivity contribution in [2.75, 3.05) is 47.5 Å². The monoisotopic (exact) mass is 292 g/mol. The Labute approximate surface area is 128 Å². The van der Waals surface area contributed by atoms with E-state index >= 15 is 0 Å². The minimum Gasteiger partial charge on any atom is -0.497 e. The maximum atomic E-state index is 5.50. The molecule has 2 rings (SSSR count). The van der Waals surface area contributed by atoms with Crippen LogP contribution in [0.3, 0.4) is 0 Å². The van der Waals surface area contributed by atoms with Crippen LogP contribution in [0.4, 0.5) is 0 Å². The van der Waals surface area contributed by atoms with Crippen molar-refractivity contribution in [3.8, 4) is 5.75 Å². The predicted molar refractivity (Wildman–Crippen MR) is 85.7 cm³/mol. The van der Waals surface area contributed by atoms with Crippen LogP contribution in [0, 0.1) is 5.41 Å². The van der Waals surface area contributed by atoms with E-state index in [1.165, 1.54) is 18.4 Å². The second-order valence-electron chi connectivity index (χ2n) is 6.20. The lowest BCUT2D eigenvalue weighted by atomic mass is 9.79. The van der Waals surface area contributed by atoms with Gasteiger partial charge < -0.3 is 19.7 Å². The molecule has 1 fully saturated rings. The molecule has 1 heterocycles. The number of ether oxygens (including phenoxy) is 2. The van der Waals surface area contributed by atoms with E-state index in [1.54, 1.807) is 7.11 Å². The van der Waals surface area contributed by atoms with Gasteiger partial charge in [0.1, 0.15) is 5.75 Å². The summed E-state index contributed by atoms with van der Waals surface area (Å²) in [7, 11) is 5.71. The molecule has 4 heteroatoms. The molecule has 118 valence electrons. The van der Waals surface area contributed by atoms with Crippen LogP contribution in [0.25, 0.3) is 0 Å². The predicted octanol–water partition coefficient (Wildman–Crippen LogP) is 2.14. The van der Waals surface area contributed by atoms with Crippen molar-refractivity contribution in [2.45, 2.75) is 19.4 Å². The molecule has 0 amide bonds. The van der Waals surface area contributed by atoms with Crippen LogP contribution in [0.15, 0.2) is 24.3 Å². The highest BCUT2D eigenvalue weighted by molar-refractivity contribution is 5.27. The Kier molecular flexibility index (Phi) is 6.03. The van der Waals surface area contributed by atoms with Crippen LogP contribution in [-0.2, 0) is 11.3 Å². The highest BCUT2D eigenvalue weighted by atomic mass is 16.5. The van der Waals surface area contributed by atoms with Crippen LogP contribution in [0.2, 0.25) is 0 Å². The van der Waals surface area contributed by atoms with Gasteiger partial charge in [0.25, 0.3) is 0 Å². The maximum Gasteiger partial charge on any atom is 0.118 e. The molecule has 21 heavy (non-hydrogen) atoms. The molecule has 0 radical (unpaired) electrons. The summed E-state index contributed by atoms with van der Waals surface area (Å²) >= 11 is 0. The summed E-state index contributed by atoms with van der Waals surface area (Å²) in [5.74, 6) is 0.913. The summed E-state index contributed by atoms with van der Waals surface area (Å²) in [5.41, 5.74) is 1.61. The molecule has 1 aromatic rings. The molecular weight excluding hydrogens is 264 g/mol. The fraction of sp³-hybridized carbons (Fsp3) is 0.647.